The molecule has 2 amide bonds. The van der Waals surface area contributed by atoms with Gasteiger partial charge in [-0.05, 0) is 43.7 Å². The standard InChI is InChI=1S/C23H21N5O2.C23H19N5O2/c2*1-14(29)15-6-8-16(9-7-15)20-21(25-11-10-24-20)17-12-28(13-17)23(30)22-26-18-4-2-3-5-19(18)27-22/h2-11,14,17,29H,12-13H2,1H3,(H,26,27);2-11,17H,12-13H2,1H3,(H,26,27). The quantitative estimate of drug-likeness (QED) is 0.139. The number of hydrogen-bond acceptors (Lipinski definition) is 10. The van der Waals surface area contributed by atoms with Crippen LogP contribution in [-0.4, -0.2) is 98.6 Å². The number of aliphatic hydroxyl groups excluding tert-OH is 1. The number of H-pyrrole nitrogens is 2. The minimum Gasteiger partial charge on any atom is -0.389 e. The Balaban J connectivity index is 0.000000154. The monoisotopic (exact) mass is 796 g/mol. The van der Waals surface area contributed by atoms with E-state index in [2.05, 4.69) is 39.9 Å². The number of nitrogens with one attached hydrogen (secondary N) is 2. The Morgan fingerprint density at radius 1 is 0.600 bits per heavy atom. The van der Waals surface area contributed by atoms with Crippen LogP contribution in [0.3, 0.4) is 0 Å². The lowest BCUT2D eigenvalue weighted by molar-refractivity contribution is 0.0581. The molecule has 14 heteroatoms. The second-order valence-electron chi connectivity index (χ2n) is 15.0. The fraction of sp³-hybridized carbons (Fsp3) is 0.196. The van der Waals surface area contributed by atoms with E-state index < -0.39 is 6.10 Å². The molecule has 2 fully saturated rings. The molecule has 0 radical (unpaired) electrons. The van der Waals surface area contributed by atoms with E-state index in [4.69, 9.17) is 0 Å². The van der Waals surface area contributed by atoms with E-state index in [1.807, 2.05) is 84.9 Å². The van der Waals surface area contributed by atoms with E-state index in [1.165, 1.54) is 0 Å². The first-order chi connectivity index (χ1) is 29.2. The van der Waals surface area contributed by atoms with E-state index in [-0.39, 0.29) is 29.4 Å². The third-order valence-corrected chi connectivity index (χ3v) is 11.0. The summed E-state index contributed by atoms with van der Waals surface area (Å²) in [5.41, 5.74) is 10.00. The van der Waals surface area contributed by atoms with Gasteiger partial charge < -0.3 is 24.9 Å². The van der Waals surface area contributed by atoms with Crippen LogP contribution in [0.2, 0.25) is 0 Å². The van der Waals surface area contributed by atoms with Gasteiger partial charge in [0.2, 0.25) is 0 Å². The minimum atomic E-state index is -0.509. The number of likely N-dealkylation sites (tertiary alicyclic amines) is 2. The van der Waals surface area contributed by atoms with Crippen molar-refractivity contribution in [3.63, 3.8) is 0 Å². The number of carbonyl (C=O) groups is 3. The number of benzene rings is 4. The molecule has 4 aromatic heterocycles. The Bertz CT molecular complexity index is 2790. The lowest BCUT2D eigenvalue weighted by Crippen LogP contribution is -2.49. The zero-order valence-electron chi connectivity index (χ0n) is 32.9. The fourth-order valence-electron chi connectivity index (χ4n) is 7.56. The third kappa shape index (κ3) is 7.51. The van der Waals surface area contributed by atoms with Crippen molar-refractivity contribution in [1.82, 2.24) is 49.7 Å². The number of amides is 2. The highest BCUT2D eigenvalue weighted by molar-refractivity contribution is 5.96. The molecule has 2 aliphatic heterocycles. The molecular weight excluding hydrogens is 757 g/mol. The van der Waals surface area contributed by atoms with Gasteiger partial charge in [-0.2, -0.15) is 0 Å². The van der Waals surface area contributed by atoms with E-state index in [0.717, 1.165) is 61.5 Å². The maximum absolute atomic E-state index is 12.8. The Labute approximate surface area is 344 Å². The molecule has 60 heavy (non-hydrogen) atoms. The highest BCUT2D eigenvalue weighted by Gasteiger charge is 2.37. The van der Waals surface area contributed by atoms with Crippen molar-refractivity contribution < 1.29 is 19.5 Å². The molecule has 1 unspecified atom stereocenters. The van der Waals surface area contributed by atoms with Gasteiger partial charge in [0.05, 0.1) is 50.9 Å². The number of hydrogen-bond donors (Lipinski definition) is 3. The van der Waals surface area contributed by atoms with Crippen molar-refractivity contribution in [3.05, 3.63) is 156 Å². The highest BCUT2D eigenvalue weighted by atomic mass is 16.3. The predicted octanol–water partition coefficient (Wildman–Crippen LogP) is 6.77. The highest BCUT2D eigenvalue weighted by Crippen LogP contribution is 2.34. The van der Waals surface area contributed by atoms with Crippen molar-refractivity contribution >= 4 is 39.7 Å². The molecular formula is C46H40N10O4. The fourth-order valence-corrected chi connectivity index (χ4v) is 7.56. The molecule has 3 N–H and O–H groups in total. The van der Waals surface area contributed by atoms with Crippen molar-refractivity contribution in [2.45, 2.75) is 31.8 Å². The molecule has 2 aliphatic rings. The Hall–Kier alpha value is -7.45. The summed E-state index contributed by atoms with van der Waals surface area (Å²) in [5.74, 6) is 0.761. The second-order valence-corrected chi connectivity index (χ2v) is 15.0. The van der Waals surface area contributed by atoms with Crippen LogP contribution < -0.4 is 0 Å². The number of ketones is 1. The molecule has 0 saturated carbocycles. The van der Waals surface area contributed by atoms with Gasteiger partial charge in [-0.1, -0.05) is 72.8 Å². The Morgan fingerprint density at radius 3 is 1.43 bits per heavy atom. The number of fused-ring (bicyclic) bond motifs is 2. The topological polar surface area (TPSA) is 187 Å². The molecule has 0 spiro atoms. The van der Waals surface area contributed by atoms with Crippen molar-refractivity contribution in [1.29, 1.82) is 0 Å². The first-order valence-electron chi connectivity index (χ1n) is 19.7. The number of aliphatic hydroxyl groups is 1. The van der Waals surface area contributed by atoms with E-state index in [0.29, 0.717) is 43.4 Å². The van der Waals surface area contributed by atoms with Gasteiger partial charge in [-0.3, -0.25) is 34.3 Å². The van der Waals surface area contributed by atoms with Crippen LogP contribution in [0.25, 0.3) is 44.6 Å². The van der Waals surface area contributed by atoms with Gasteiger partial charge in [0.1, 0.15) is 0 Å². The largest absolute Gasteiger partial charge is 0.389 e. The van der Waals surface area contributed by atoms with Crippen molar-refractivity contribution in [3.8, 4) is 22.5 Å². The molecule has 2 saturated heterocycles. The minimum absolute atomic E-state index is 0.0275. The summed E-state index contributed by atoms with van der Waals surface area (Å²) in [4.78, 5) is 73.8. The van der Waals surface area contributed by atoms with Crippen LogP contribution in [0, 0.1) is 0 Å². The van der Waals surface area contributed by atoms with Gasteiger partial charge in [0, 0.05) is 79.5 Å². The van der Waals surface area contributed by atoms with Gasteiger partial charge in [-0.25, -0.2) is 9.97 Å². The van der Waals surface area contributed by atoms with E-state index in [9.17, 15) is 19.5 Å². The molecule has 0 aliphatic carbocycles. The van der Waals surface area contributed by atoms with Crippen molar-refractivity contribution in [2.75, 3.05) is 26.2 Å². The van der Waals surface area contributed by atoms with E-state index in [1.54, 1.807) is 60.6 Å². The predicted molar refractivity (Wildman–Crippen MR) is 225 cm³/mol. The number of para-hydroxylation sites is 4. The lowest BCUT2D eigenvalue weighted by atomic mass is 9.92. The number of aromatic nitrogens is 8. The maximum Gasteiger partial charge on any atom is 0.289 e. The Kier molecular flexibility index (Phi) is 10.2. The molecule has 14 nitrogen and oxygen atoms in total. The maximum atomic E-state index is 12.8. The van der Waals surface area contributed by atoms with Crippen LogP contribution >= 0.6 is 0 Å². The summed E-state index contributed by atoms with van der Waals surface area (Å²) in [6, 6.07) is 30.3. The molecule has 4 aromatic carbocycles. The average Bonchev–Trinajstić information content (AvgIpc) is 3.89. The Morgan fingerprint density at radius 2 is 1.02 bits per heavy atom. The van der Waals surface area contributed by atoms with Crippen LogP contribution in [0.5, 0.6) is 0 Å². The van der Waals surface area contributed by atoms with Gasteiger partial charge in [0.15, 0.2) is 17.4 Å². The summed E-state index contributed by atoms with van der Waals surface area (Å²) in [7, 11) is 0. The molecule has 6 heterocycles. The summed E-state index contributed by atoms with van der Waals surface area (Å²) in [6.45, 7) is 5.57. The van der Waals surface area contributed by atoms with Gasteiger partial charge in [-0.15, -0.1) is 0 Å². The second kappa shape index (κ2) is 16.1. The van der Waals surface area contributed by atoms with Gasteiger partial charge in [0.25, 0.3) is 11.8 Å². The summed E-state index contributed by atoms with van der Waals surface area (Å²) in [5, 5.41) is 9.72. The van der Waals surface area contributed by atoms with Gasteiger partial charge >= 0.3 is 0 Å². The number of imidazole rings is 2. The van der Waals surface area contributed by atoms with Crippen LogP contribution in [0.4, 0.5) is 0 Å². The number of rotatable bonds is 8. The van der Waals surface area contributed by atoms with E-state index >= 15 is 0 Å². The molecule has 1 atom stereocenters. The molecule has 10 rings (SSSR count). The first kappa shape index (κ1) is 38.1. The normalized spacial score (nSPS) is 14.6. The lowest BCUT2D eigenvalue weighted by Gasteiger charge is -2.38. The number of aromatic amines is 2. The first-order valence-corrected chi connectivity index (χ1v) is 19.7. The summed E-state index contributed by atoms with van der Waals surface area (Å²) >= 11 is 0. The summed E-state index contributed by atoms with van der Waals surface area (Å²) in [6.07, 6.45) is 6.19. The van der Waals surface area contributed by atoms with Crippen molar-refractivity contribution in [2.24, 2.45) is 0 Å². The molecule has 0 bridgehead atoms. The number of carbonyl (C=O) groups excluding carboxylic acids is 3. The smallest absolute Gasteiger partial charge is 0.289 e. The third-order valence-electron chi connectivity index (χ3n) is 11.0. The van der Waals surface area contributed by atoms with Crippen LogP contribution in [0.1, 0.15) is 80.3 Å². The number of nitrogens with zero attached hydrogens (tertiary/aromatic N) is 8. The zero-order chi connectivity index (χ0) is 41.3. The summed E-state index contributed by atoms with van der Waals surface area (Å²) < 4.78 is 0. The molecule has 298 valence electrons. The SMILES string of the molecule is CC(=O)c1ccc(-c2nccnc2C2CN(C(=O)c3nc4ccccc4[nH]3)C2)cc1.CC(O)c1ccc(-c2nccnc2C2CN(C(=O)c3nc4ccccc4[nH]3)C2)cc1. The number of Topliss-reactive ketones (excluding diaryl/α,β-unsaturated/α-hetero) is 1. The zero-order valence-corrected chi connectivity index (χ0v) is 32.9. The average molecular weight is 797 g/mol. The van der Waals surface area contributed by atoms with Crippen LogP contribution in [-0.2, 0) is 0 Å². The van der Waals surface area contributed by atoms with Crippen LogP contribution in [0.15, 0.2) is 122 Å². The molecule has 8 aromatic rings.